The van der Waals surface area contributed by atoms with Crippen LogP contribution in [0.3, 0.4) is 0 Å². The maximum atomic E-state index is 12.1. The van der Waals surface area contributed by atoms with Gasteiger partial charge in [-0.15, -0.1) is 0 Å². The number of carbonyl (C=O) groups excluding carboxylic acids is 1. The van der Waals surface area contributed by atoms with E-state index < -0.39 is 0 Å². The molecule has 0 amide bonds. The van der Waals surface area contributed by atoms with Gasteiger partial charge in [-0.1, -0.05) is 0 Å². The summed E-state index contributed by atoms with van der Waals surface area (Å²) in [5.41, 5.74) is 1.04. The molecule has 0 aliphatic heterocycles. The molecular weight excluding hydrogens is 228 g/mol. The van der Waals surface area contributed by atoms with E-state index in [2.05, 4.69) is 9.97 Å². The molecule has 0 N–H and O–H groups in total. The van der Waals surface area contributed by atoms with Crippen molar-refractivity contribution >= 4 is 5.78 Å². The summed E-state index contributed by atoms with van der Waals surface area (Å²) < 4.78 is 5.51. The van der Waals surface area contributed by atoms with Crippen LogP contribution in [0.5, 0.6) is 5.75 Å². The third-order valence-electron chi connectivity index (χ3n) is 2.27. The zero-order valence-corrected chi connectivity index (χ0v) is 10.3. The van der Waals surface area contributed by atoms with E-state index in [9.17, 15) is 4.79 Å². The van der Waals surface area contributed by atoms with Gasteiger partial charge in [0.1, 0.15) is 5.75 Å². The highest BCUT2D eigenvalue weighted by Crippen LogP contribution is 2.15. The Morgan fingerprint density at radius 1 is 1.17 bits per heavy atom. The Morgan fingerprint density at radius 2 is 1.94 bits per heavy atom. The van der Waals surface area contributed by atoms with E-state index in [4.69, 9.17) is 4.74 Å². The van der Waals surface area contributed by atoms with Gasteiger partial charge in [-0.3, -0.25) is 14.8 Å². The summed E-state index contributed by atoms with van der Waals surface area (Å²) in [5, 5.41) is 0. The first-order valence-electron chi connectivity index (χ1n) is 5.73. The molecule has 2 aromatic rings. The van der Waals surface area contributed by atoms with Gasteiger partial charge >= 0.3 is 0 Å². The molecule has 0 bridgehead atoms. The minimum atomic E-state index is -0.107. The predicted molar refractivity (Wildman–Crippen MR) is 67.7 cm³/mol. The number of hydrogen-bond donors (Lipinski definition) is 0. The lowest BCUT2D eigenvalue weighted by molar-refractivity contribution is 0.103. The van der Waals surface area contributed by atoms with Gasteiger partial charge in [0.15, 0.2) is 5.78 Å². The van der Waals surface area contributed by atoms with Crippen molar-refractivity contribution in [1.82, 2.24) is 9.97 Å². The first kappa shape index (κ1) is 12.2. The topological polar surface area (TPSA) is 52.1 Å². The summed E-state index contributed by atoms with van der Waals surface area (Å²) in [7, 11) is 0. The first-order valence-corrected chi connectivity index (χ1v) is 5.73. The van der Waals surface area contributed by atoms with Crippen molar-refractivity contribution < 1.29 is 9.53 Å². The summed E-state index contributed by atoms with van der Waals surface area (Å²) in [6.07, 6.45) is 6.35. The highest BCUT2D eigenvalue weighted by Gasteiger charge is 2.10. The summed E-state index contributed by atoms with van der Waals surface area (Å²) in [5.74, 6) is 0.490. The zero-order chi connectivity index (χ0) is 13.0. The van der Waals surface area contributed by atoms with E-state index in [0.717, 1.165) is 0 Å². The standard InChI is InChI=1S/C14H14N2O2/c1-10(2)18-13-6-12(8-16-9-13)14(17)11-4-3-5-15-7-11/h3-10H,1-2H3. The molecule has 2 heterocycles. The van der Waals surface area contributed by atoms with Crippen molar-refractivity contribution in [3.8, 4) is 5.75 Å². The van der Waals surface area contributed by atoms with E-state index >= 15 is 0 Å². The minimum Gasteiger partial charge on any atom is -0.489 e. The SMILES string of the molecule is CC(C)Oc1cncc(C(=O)c2cccnc2)c1. The third kappa shape index (κ3) is 2.91. The second-order valence-electron chi connectivity index (χ2n) is 4.15. The number of nitrogens with zero attached hydrogens (tertiary/aromatic N) is 2. The molecule has 0 aliphatic carbocycles. The molecule has 4 heteroatoms. The largest absolute Gasteiger partial charge is 0.489 e. The lowest BCUT2D eigenvalue weighted by Gasteiger charge is -2.09. The van der Waals surface area contributed by atoms with Gasteiger partial charge in [-0.05, 0) is 32.0 Å². The number of rotatable bonds is 4. The molecule has 0 aliphatic rings. The average Bonchev–Trinajstić information content (AvgIpc) is 2.38. The molecule has 0 saturated carbocycles. The van der Waals surface area contributed by atoms with Crippen molar-refractivity contribution in [3.05, 3.63) is 54.1 Å². The second kappa shape index (κ2) is 5.40. The molecule has 0 spiro atoms. The average molecular weight is 242 g/mol. The predicted octanol–water partition coefficient (Wildman–Crippen LogP) is 2.49. The number of carbonyl (C=O) groups is 1. The zero-order valence-electron chi connectivity index (χ0n) is 10.3. The van der Waals surface area contributed by atoms with Crippen LogP contribution in [0, 0.1) is 0 Å². The van der Waals surface area contributed by atoms with Crippen LogP contribution in [0.2, 0.25) is 0 Å². The van der Waals surface area contributed by atoms with Crippen LogP contribution in [0.1, 0.15) is 29.8 Å². The fraction of sp³-hybridized carbons (Fsp3) is 0.214. The normalized spacial score (nSPS) is 10.4. The Bertz CT molecular complexity index is 539. The van der Waals surface area contributed by atoms with Crippen LogP contribution in [-0.2, 0) is 0 Å². The number of ketones is 1. The Kier molecular flexibility index (Phi) is 3.67. The van der Waals surface area contributed by atoms with Crippen molar-refractivity contribution in [2.24, 2.45) is 0 Å². The molecule has 0 unspecified atom stereocenters. The van der Waals surface area contributed by atoms with Crippen molar-refractivity contribution in [2.45, 2.75) is 20.0 Å². The van der Waals surface area contributed by atoms with Crippen LogP contribution in [0.25, 0.3) is 0 Å². The van der Waals surface area contributed by atoms with Crippen LogP contribution in [0.4, 0.5) is 0 Å². The van der Waals surface area contributed by atoms with Gasteiger partial charge in [-0.25, -0.2) is 0 Å². The van der Waals surface area contributed by atoms with Crippen LogP contribution < -0.4 is 4.74 Å². The second-order valence-corrected chi connectivity index (χ2v) is 4.15. The maximum absolute atomic E-state index is 12.1. The quantitative estimate of drug-likeness (QED) is 0.773. The number of hydrogen-bond acceptors (Lipinski definition) is 4. The highest BCUT2D eigenvalue weighted by molar-refractivity contribution is 6.08. The fourth-order valence-corrected chi connectivity index (χ4v) is 1.54. The molecule has 0 saturated heterocycles. The fourth-order valence-electron chi connectivity index (χ4n) is 1.54. The van der Waals surface area contributed by atoms with Gasteiger partial charge in [0.25, 0.3) is 0 Å². The Morgan fingerprint density at radius 3 is 2.61 bits per heavy atom. The van der Waals surface area contributed by atoms with Gasteiger partial charge in [0.05, 0.1) is 12.3 Å². The van der Waals surface area contributed by atoms with Crippen molar-refractivity contribution in [1.29, 1.82) is 0 Å². The molecule has 0 atom stereocenters. The van der Waals surface area contributed by atoms with Gasteiger partial charge in [0.2, 0.25) is 0 Å². The van der Waals surface area contributed by atoms with Crippen molar-refractivity contribution in [2.75, 3.05) is 0 Å². The number of pyridine rings is 2. The van der Waals surface area contributed by atoms with E-state index in [-0.39, 0.29) is 11.9 Å². The molecule has 18 heavy (non-hydrogen) atoms. The summed E-state index contributed by atoms with van der Waals surface area (Å²) in [6.45, 7) is 3.85. The van der Waals surface area contributed by atoms with E-state index in [0.29, 0.717) is 16.9 Å². The van der Waals surface area contributed by atoms with Gasteiger partial charge in [-0.2, -0.15) is 0 Å². The molecule has 0 radical (unpaired) electrons. The number of aromatic nitrogens is 2. The Labute approximate surface area is 106 Å². The van der Waals surface area contributed by atoms with Gasteiger partial charge in [0, 0.05) is 29.7 Å². The molecule has 4 nitrogen and oxygen atoms in total. The molecule has 2 rings (SSSR count). The third-order valence-corrected chi connectivity index (χ3v) is 2.27. The lowest BCUT2D eigenvalue weighted by Crippen LogP contribution is -2.08. The smallest absolute Gasteiger partial charge is 0.196 e. The summed E-state index contributed by atoms with van der Waals surface area (Å²) in [6, 6.07) is 5.16. The highest BCUT2D eigenvalue weighted by atomic mass is 16.5. The van der Waals surface area contributed by atoms with E-state index in [1.54, 1.807) is 30.6 Å². The molecule has 92 valence electrons. The minimum absolute atomic E-state index is 0.0514. The molecule has 0 fully saturated rings. The molecule has 0 aromatic carbocycles. The van der Waals surface area contributed by atoms with Crippen LogP contribution >= 0.6 is 0 Å². The summed E-state index contributed by atoms with van der Waals surface area (Å²) in [4.78, 5) is 20.1. The Hall–Kier alpha value is -2.23. The Balaban J connectivity index is 2.26. The van der Waals surface area contributed by atoms with Crippen LogP contribution in [-0.4, -0.2) is 21.9 Å². The van der Waals surface area contributed by atoms with E-state index in [1.807, 2.05) is 13.8 Å². The van der Waals surface area contributed by atoms with E-state index in [1.165, 1.54) is 12.4 Å². The van der Waals surface area contributed by atoms with Crippen molar-refractivity contribution in [3.63, 3.8) is 0 Å². The molecular formula is C14H14N2O2. The number of ether oxygens (including phenoxy) is 1. The lowest BCUT2D eigenvalue weighted by atomic mass is 10.1. The van der Waals surface area contributed by atoms with Crippen LogP contribution in [0.15, 0.2) is 43.0 Å². The monoisotopic (exact) mass is 242 g/mol. The summed E-state index contributed by atoms with van der Waals surface area (Å²) >= 11 is 0. The first-order chi connectivity index (χ1) is 8.66. The van der Waals surface area contributed by atoms with Gasteiger partial charge < -0.3 is 4.74 Å². The molecule has 2 aromatic heterocycles. The maximum Gasteiger partial charge on any atom is 0.196 e.